The maximum absolute atomic E-state index is 12.1. The van der Waals surface area contributed by atoms with E-state index in [9.17, 15) is 9.59 Å². The predicted molar refractivity (Wildman–Crippen MR) is 142 cm³/mol. The minimum atomic E-state index is -0.895. The van der Waals surface area contributed by atoms with Crippen LogP contribution < -0.4 is 20.2 Å². The van der Waals surface area contributed by atoms with Gasteiger partial charge in [-0.3, -0.25) is 9.59 Å². The summed E-state index contributed by atoms with van der Waals surface area (Å²) in [5, 5.41) is 7.48. The molecule has 0 unspecified atom stereocenters. The van der Waals surface area contributed by atoms with Gasteiger partial charge in [-0.05, 0) is 73.5 Å². The number of hydrogen-bond acceptors (Lipinski definition) is 5. The van der Waals surface area contributed by atoms with Crippen molar-refractivity contribution in [3.05, 3.63) is 85.8 Å². The van der Waals surface area contributed by atoms with Crippen LogP contribution in [0.15, 0.2) is 64.2 Å². The molecule has 0 saturated carbocycles. The SMILES string of the molecule is CCOc1cc(C=NNC(=O)C(=O)Nc2ccc(Br)cc2C)ccc1OCc1ccc(Cl)cc1Cl. The number of anilines is 1. The van der Waals surface area contributed by atoms with Crippen molar-refractivity contribution in [3.8, 4) is 11.5 Å². The Morgan fingerprint density at radius 2 is 1.80 bits per heavy atom. The van der Waals surface area contributed by atoms with Crippen molar-refractivity contribution in [2.75, 3.05) is 11.9 Å². The van der Waals surface area contributed by atoms with E-state index in [0.717, 1.165) is 15.6 Å². The molecule has 0 atom stereocenters. The highest BCUT2D eigenvalue weighted by molar-refractivity contribution is 9.10. The number of carbonyl (C=O) groups is 2. The molecule has 0 radical (unpaired) electrons. The van der Waals surface area contributed by atoms with Crippen LogP contribution in [-0.2, 0) is 16.2 Å². The molecule has 3 rings (SSSR count). The van der Waals surface area contributed by atoms with Crippen LogP contribution in [0.25, 0.3) is 0 Å². The van der Waals surface area contributed by atoms with Crippen molar-refractivity contribution in [1.82, 2.24) is 5.43 Å². The number of nitrogens with zero attached hydrogens (tertiary/aromatic N) is 1. The lowest BCUT2D eigenvalue weighted by molar-refractivity contribution is -0.136. The van der Waals surface area contributed by atoms with Gasteiger partial charge in [-0.15, -0.1) is 0 Å². The number of aryl methyl sites for hydroxylation is 1. The maximum Gasteiger partial charge on any atom is 0.329 e. The molecule has 7 nitrogen and oxygen atoms in total. The highest BCUT2D eigenvalue weighted by atomic mass is 79.9. The number of hydrazone groups is 1. The topological polar surface area (TPSA) is 89.0 Å². The molecule has 10 heteroatoms. The van der Waals surface area contributed by atoms with E-state index in [1.54, 1.807) is 48.5 Å². The van der Waals surface area contributed by atoms with E-state index in [2.05, 4.69) is 31.8 Å². The molecule has 0 fully saturated rings. The molecule has 0 aliphatic heterocycles. The van der Waals surface area contributed by atoms with Gasteiger partial charge in [0.25, 0.3) is 0 Å². The second-order valence-electron chi connectivity index (χ2n) is 7.28. The fourth-order valence-electron chi connectivity index (χ4n) is 2.95. The molecule has 0 aliphatic rings. The minimum absolute atomic E-state index is 0.229. The summed E-state index contributed by atoms with van der Waals surface area (Å²) in [5.74, 6) is -0.708. The quantitative estimate of drug-likeness (QED) is 0.191. The number of benzene rings is 3. The fraction of sp³-hybridized carbons (Fsp3) is 0.160. The van der Waals surface area contributed by atoms with E-state index in [1.807, 2.05) is 19.9 Å². The Kier molecular flexibility index (Phi) is 9.54. The van der Waals surface area contributed by atoms with Crippen LogP contribution >= 0.6 is 39.1 Å². The van der Waals surface area contributed by atoms with Crippen LogP contribution in [0, 0.1) is 6.92 Å². The molecular weight excluding hydrogens is 557 g/mol. The van der Waals surface area contributed by atoms with Gasteiger partial charge in [-0.25, -0.2) is 5.43 Å². The van der Waals surface area contributed by atoms with E-state index < -0.39 is 11.8 Å². The van der Waals surface area contributed by atoms with Gasteiger partial charge in [0.1, 0.15) is 6.61 Å². The second-order valence-corrected chi connectivity index (χ2v) is 9.04. The molecule has 0 spiro atoms. The molecule has 0 bridgehead atoms. The zero-order chi connectivity index (χ0) is 25.4. The van der Waals surface area contributed by atoms with Crippen molar-refractivity contribution in [2.45, 2.75) is 20.5 Å². The minimum Gasteiger partial charge on any atom is -0.490 e. The van der Waals surface area contributed by atoms with Crippen LogP contribution in [0.4, 0.5) is 5.69 Å². The number of hydrogen-bond donors (Lipinski definition) is 2. The molecular formula is C25H22BrCl2N3O4. The van der Waals surface area contributed by atoms with Gasteiger partial charge in [0.05, 0.1) is 12.8 Å². The van der Waals surface area contributed by atoms with Gasteiger partial charge in [-0.2, -0.15) is 5.10 Å². The van der Waals surface area contributed by atoms with E-state index >= 15 is 0 Å². The van der Waals surface area contributed by atoms with Gasteiger partial charge >= 0.3 is 11.8 Å². The van der Waals surface area contributed by atoms with Crippen LogP contribution in [0.3, 0.4) is 0 Å². The van der Waals surface area contributed by atoms with Crippen molar-refractivity contribution in [3.63, 3.8) is 0 Å². The number of carbonyl (C=O) groups excluding carboxylic acids is 2. The lowest BCUT2D eigenvalue weighted by Crippen LogP contribution is -2.32. The third-order valence-corrected chi connectivity index (χ3v) is 5.77. The average molecular weight is 579 g/mol. The molecule has 0 aromatic heterocycles. The average Bonchev–Trinajstić information content (AvgIpc) is 2.81. The molecule has 0 saturated heterocycles. The summed E-state index contributed by atoms with van der Waals surface area (Å²) < 4.78 is 12.4. The molecule has 2 N–H and O–H groups in total. The predicted octanol–water partition coefficient (Wildman–Crippen LogP) is 6.13. The number of nitrogens with one attached hydrogen (secondary N) is 2. The van der Waals surface area contributed by atoms with Crippen molar-refractivity contribution in [2.24, 2.45) is 5.10 Å². The summed E-state index contributed by atoms with van der Waals surface area (Å²) in [7, 11) is 0. The van der Waals surface area contributed by atoms with E-state index in [1.165, 1.54) is 6.21 Å². The molecule has 0 aliphatic carbocycles. The fourth-order valence-corrected chi connectivity index (χ4v) is 3.89. The Balaban J connectivity index is 1.61. The first-order chi connectivity index (χ1) is 16.8. The smallest absolute Gasteiger partial charge is 0.329 e. The number of amides is 2. The second kappa shape index (κ2) is 12.6. The lowest BCUT2D eigenvalue weighted by Gasteiger charge is -2.13. The zero-order valence-electron chi connectivity index (χ0n) is 18.9. The summed E-state index contributed by atoms with van der Waals surface area (Å²) in [6.07, 6.45) is 1.40. The Labute approximate surface area is 221 Å². The van der Waals surface area contributed by atoms with E-state index in [-0.39, 0.29) is 6.61 Å². The molecule has 2 amide bonds. The van der Waals surface area contributed by atoms with E-state index in [0.29, 0.717) is 39.4 Å². The van der Waals surface area contributed by atoms with E-state index in [4.69, 9.17) is 32.7 Å². The van der Waals surface area contributed by atoms with Gasteiger partial charge in [0, 0.05) is 25.8 Å². The maximum atomic E-state index is 12.1. The Hall–Kier alpha value is -3.07. The number of ether oxygens (including phenoxy) is 2. The molecule has 182 valence electrons. The van der Waals surface area contributed by atoms with Gasteiger partial charge in [0.15, 0.2) is 11.5 Å². The molecule has 35 heavy (non-hydrogen) atoms. The van der Waals surface area contributed by atoms with Crippen LogP contribution in [0.1, 0.15) is 23.6 Å². The van der Waals surface area contributed by atoms with Crippen molar-refractivity contribution in [1.29, 1.82) is 0 Å². The van der Waals surface area contributed by atoms with Crippen molar-refractivity contribution >= 4 is 62.8 Å². The first-order valence-electron chi connectivity index (χ1n) is 10.5. The summed E-state index contributed by atoms with van der Waals surface area (Å²) in [6, 6.07) is 15.7. The summed E-state index contributed by atoms with van der Waals surface area (Å²) in [4.78, 5) is 24.2. The van der Waals surface area contributed by atoms with Gasteiger partial charge in [-0.1, -0.05) is 45.2 Å². The largest absolute Gasteiger partial charge is 0.490 e. The summed E-state index contributed by atoms with van der Waals surface area (Å²) in [5.41, 5.74) is 4.98. The van der Waals surface area contributed by atoms with Gasteiger partial charge < -0.3 is 14.8 Å². The Morgan fingerprint density at radius 1 is 1.00 bits per heavy atom. The molecule has 0 heterocycles. The third-order valence-electron chi connectivity index (χ3n) is 4.69. The van der Waals surface area contributed by atoms with Crippen LogP contribution in [-0.4, -0.2) is 24.6 Å². The first kappa shape index (κ1) is 26.5. The van der Waals surface area contributed by atoms with Gasteiger partial charge in [0.2, 0.25) is 0 Å². The standard InChI is InChI=1S/C25H22BrCl2N3O4/c1-3-34-23-11-16(4-9-22(23)35-14-17-5-7-19(27)12-20(17)28)13-29-31-25(33)24(32)30-21-8-6-18(26)10-15(21)2/h4-13H,3,14H2,1-2H3,(H,30,32)(H,31,33). The lowest BCUT2D eigenvalue weighted by atomic mass is 10.2. The number of rotatable bonds is 8. The normalized spacial score (nSPS) is 10.8. The Morgan fingerprint density at radius 3 is 2.51 bits per heavy atom. The van der Waals surface area contributed by atoms with Crippen LogP contribution in [0.5, 0.6) is 11.5 Å². The monoisotopic (exact) mass is 577 g/mol. The Bertz CT molecular complexity index is 1270. The summed E-state index contributed by atoms with van der Waals surface area (Å²) in [6.45, 7) is 4.33. The first-order valence-corrected chi connectivity index (χ1v) is 12.1. The highest BCUT2D eigenvalue weighted by Gasteiger charge is 2.14. The van der Waals surface area contributed by atoms with Crippen LogP contribution in [0.2, 0.25) is 10.0 Å². The zero-order valence-corrected chi connectivity index (χ0v) is 22.0. The third kappa shape index (κ3) is 7.71. The highest BCUT2D eigenvalue weighted by Crippen LogP contribution is 2.30. The molecule has 3 aromatic carbocycles. The molecule has 3 aromatic rings. The number of halogens is 3. The summed E-state index contributed by atoms with van der Waals surface area (Å²) >= 11 is 15.5. The van der Waals surface area contributed by atoms with Crippen molar-refractivity contribution < 1.29 is 19.1 Å².